The smallest absolute Gasteiger partial charge is 0.130 e. The molecule has 0 spiro atoms. The Morgan fingerprint density at radius 1 is 1.47 bits per heavy atom. The number of aryl methyl sites for hydroxylation is 2. The maximum absolute atomic E-state index is 6.27. The SMILES string of the molecule is Cc1nn(C)c(Cl)c1CC1CCCC1Cl. The lowest BCUT2D eigenvalue weighted by atomic mass is 9.98. The van der Waals surface area contributed by atoms with E-state index in [0.717, 1.165) is 23.7 Å². The first kappa shape index (κ1) is 11.3. The summed E-state index contributed by atoms with van der Waals surface area (Å²) in [6.45, 7) is 2.01. The van der Waals surface area contributed by atoms with Crippen LogP contribution in [0.25, 0.3) is 0 Å². The van der Waals surface area contributed by atoms with Gasteiger partial charge in [-0.05, 0) is 32.1 Å². The van der Waals surface area contributed by atoms with Crippen molar-refractivity contribution in [3.05, 3.63) is 16.4 Å². The Morgan fingerprint density at radius 3 is 2.67 bits per heavy atom. The van der Waals surface area contributed by atoms with E-state index in [1.807, 2.05) is 14.0 Å². The first-order valence-corrected chi connectivity index (χ1v) is 6.23. The fourth-order valence-corrected chi connectivity index (χ4v) is 3.01. The first-order chi connectivity index (χ1) is 7.09. The van der Waals surface area contributed by atoms with E-state index >= 15 is 0 Å². The topological polar surface area (TPSA) is 17.8 Å². The molecule has 4 heteroatoms. The average molecular weight is 247 g/mol. The lowest BCUT2D eigenvalue weighted by Crippen LogP contribution is -2.10. The number of alkyl halides is 1. The second kappa shape index (κ2) is 4.34. The second-order valence-electron chi connectivity index (χ2n) is 4.39. The molecule has 1 aromatic rings. The van der Waals surface area contributed by atoms with Gasteiger partial charge < -0.3 is 0 Å². The van der Waals surface area contributed by atoms with Gasteiger partial charge in [-0.2, -0.15) is 5.10 Å². The summed E-state index contributed by atoms with van der Waals surface area (Å²) in [6.07, 6.45) is 4.59. The summed E-state index contributed by atoms with van der Waals surface area (Å²) in [5.74, 6) is 0.576. The fourth-order valence-electron chi connectivity index (χ4n) is 2.39. The Hall–Kier alpha value is -0.210. The van der Waals surface area contributed by atoms with Gasteiger partial charge in [-0.3, -0.25) is 4.68 Å². The van der Waals surface area contributed by atoms with Crippen LogP contribution in [0.2, 0.25) is 5.15 Å². The second-order valence-corrected chi connectivity index (χ2v) is 5.31. The van der Waals surface area contributed by atoms with Gasteiger partial charge in [-0.15, -0.1) is 11.6 Å². The van der Waals surface area contributed by atoms with Crippen LogP contribution in [0.4, 0.5) is 0 Å². The minimum atomic E-state index is 0.320. The zero-order valence-corrected chi connectivity index (χ0v) is 10.6. The van der Waals surface area contributed by atoms with Gasteiger partial charge in [0.2, 0.25) is 0 Å². The highest BCUT2D eigenvalue weighted by Gasteiger charge is 2.27. The summed E-state index contributed by atoms with van der Waals surface area (Å²) < 4.78 is 1.74. The molecule has 0 N–H and O–H groups in total. The molecule has 1 aromatic heterocycles. The van der Waals surface area contributed by atoms with Crippen molar-refractivity contribution >= 4 is 23.2 Å². The molecule has 2 rings (SSSR count). The van der Waals surface area contributed by atoms with Crippen molar-refractivity contribution in [2.75, 3.05) is 0 Å². The highest BCUT2D eigenvalue weighted by Crippen LogP contribution is 2.34. The van der Waals surface area contributed by atoms with Crippen molar-refractivity contribution in [2.45, 2.75) is 38.0 Å². The molecular weight excluding hydrogens is 231 g/mol. The quantitative estimate of drug-likeness (QED) is 0.733. The third kappa shape index (κ3) is 2.16. The van der Waals surface area contributed by atoms with E-state index in [-0.39, 0.29) is 0 Å². The van der Waals surface area contributed by atoms with Crippen LogP contribution >= 0.6 is 23.2 Å². The number of hydrogen-bond acceptors (Lipinski definition) is 1. The molecule has 0 aliphatic heterocycles. The summed E-state index contributed by atoms with van der Waals surface area (Å²) in [4.78, 5) is 0. The zero-order valence-electron chi connectivity index (χ0n) is 9.13. The number of nitrogens with zero attached hydrogens (tertiary/aromatic N) is 2. The Morgan fingerprint density at radius 2 is 2.20 bits per heavy atom. The van der Waals surface area contributed by atoms with Crippen LogP contribution in [0.5, 0.6) is 0 Å². The molecule has 1 aliphatic rings. The molecule has 0 aromatic carbocycles. The molecule has 15 heavy (non-hydrogen) atoms. The molecular formula is C11H16Cl2N2. The van der Waals surface area contributed by atoms with E-state index in [0.29, 0.717) is 11.3 Å². The summed E-state index contributed by atoms with van der Waals surface area (Å²) in [6, 6.07) is 0. The van der Waals surface area contributed by atoms with Crippen LogP contribution in [0.3, 0.4) is 0 Å². The number of aromatic nitrogens is 2. The molecule has 1 saturated carbocycles. The van der Waals surface area contributed by atoms with Crippen LogP contribution in [0, 0.1) is 12.8 Å². The van der Waals surface area contributed by atoms with Gasteiger partial charge >= 0.3 is 0 Å². The average Bonchev–Trinajstić information content (AvgIpc) is 2.67. The maximum atomic E-state index is 6.27. The Kier molecular flexibility index (Phi) is 3.27. The summed E-state index contributed by atoms with van der Waals surface area (Å²) in [5.41, 5.74) is 2.22. The monoisotopic (exact) mass is 246 g/mol. The predicted octanol–water partition coefficient (Wildman–Crippen LogP) is 3.33. The van der Waals surface area contributed by atoms with Gasteiger partial charge in [0.1, 0.15) is 5.15 Å². The molecule has 2 unspecified atom stereocenters. The van der Waals surface area contributed by atoms with Gasteiger partial charge in [0.25, 0.3) is 0 Å². The maximum Gasteiger partial charge on any atom is 0.130 e. The van der Waals surface area contributed by atoms with Crippen molar-refractivity contribution in [3.8, 4) is 0 Å². The van der Waals surface area contributed by atoms with E-state index < -0.39 is 0 Å². The first-order valence-electron chi connectivity index (χ1n) is 5.41. The molecule has 0 amide bonds. The van der Waals surface area contributed by atoms with Crippen LogP contribution in [0.1, 0.15) is 30.5 Å². The van der Waals surface area contributed by atoms with E-state index in [1.165, 1.54) is 18.4 Å². The summed E-state index contributed by atoms with van der Waals surface area (Å²) >= 11 is 12.5. The highest BCUT2D eigenvalue weighted by atomic mass is 35.5. The molecule has 0 radical (unpaired) electrons. The van der Waals surface area contributed by atoms with Crippen molar-refractivity contribution in [1.29, 1.82) is 0 Å². The van der Waals surface area contributed by atoms with Crippen molar-refractivity contribution in [2.24, 2.45) is 13.0 Å². The van der Waals surface area contributed by atoms with Gasteiger partial charge in [0, 0.05) is 18.0 Å². The fraction of sp³-hybridized carbons (Fsp3) is 0.727. The van der Waals surface area contributed by atoms with Crippen molar-refractivity contribution in [3.63, 3.8) is 0 Å². The van der Waals surface area contributed by atoms with Crippen molar-refractivity contribution < 1.29 is 0 Å². The normalized spacial score (nSPS) is 26.1. The third-order valence-corrected chi connectivity index (χ3v) is 4.35. The Balaban J connectivity index is 2.16. The highest BCUT2D eigenvalue weighted by molar-refractivity contribution is 6.30. The number of hydrogen-bond donors (Lipinski definition) is 0. The largest absolute Gasteiger partial charge is 0.257 e. The lowest BCUT2D eigenvalue weighted by Gasteiger charge is -2.12. The lowest BCUT2D eigenvalue weighted by molar-refractivity contribution is 0.551. The van der Waals surface area contributed by atoms with Gasteiger partial charge in [0.15, 0.2) is 0 Å². The Labute approximate surface area is 101 Å². The number of halogens is 2. The standard InChI is InChI=1S/C11H16Cl2N2/c1-7-9(11(13)15(2)14-7)6-8-4-3-5-10(8)12/h8,10H,3-6H2,1-2H3. The zero-order chi connectivity index (χ0) is 11.0. The van der Waals surface area contributed by atoms with Crippen LogP contribution in [-0.4, -0.2) is 15.2 Å². The molecule has 2 nitrogen and oxygen atoms in total. The minimum absolute atomic E-state index is 0.320. The molecule has 1 heterocycles. The molecule has 2 atom stereocenters. The van der Waals surface area contributed by atoms with E-state index in [4.69, 9.17) is 23.2 Å². The Bertz CT molecular complexity index is 360. The minimum Gasteiger partial charge on any atom is -0.257 e. The molecule has 0 bridgehead atoms. The third-order valence-electron chi connectivity index (χ3n) is 3.30. The van der Waals surface area contributed by atoms with Crippen LogP contribution in [-0.2, 0) is 13.5 Å². The van der Waals surface area contributed by atoms with Gasteiger partial charge in [-0.1, -0.05) is 18.0 Å². The van der Waals surface area contributed by atoms with Crippen molar-refractivity contribution in [1.82, 2.24) is 9.78 Å². The van der Waals surface area contributed by atoms with Gasteiger partial charge in [-0.25, -0.2) is 0 Å². The van der Waals surface area contributed by atoms with Crippen LogP contribution in [0.15, 0.2) is 0 Å². The summed E-state index contributed by atoms with van der Waals surface area (Å²) in [7, 11) is 1.88. The predicted molar refractivity (Wildman–Crippen MR) is 63.6 cm³/mol. The molecule has 0 saturated heterocycles. The van der Waals surface area contributed by atoms with E-state index in [9.17, 15) is 0 Å². The van der Waals surface area contributed by atoms with Crippen LogP contribution < -0.4 is 0 Å². The van der Waals surface area contributed by atoms with E-state index in [2.05, 4.69) is 5.10 Å². The molecule has 1 aliphatic carbocycles. The molecule has 1 fully saturated rings. The summed E-state index contributed by atoms with van der Waals surface area (Å²) in [5, 5.41) is 5.41. The number of rotatable bonds is 2. The van der Waals surface area contributed by atoms with E-state index in [1.54, 1.807) is 4.68 Å². The molecule has 84 valence electrons. The van der Waals surface area contributed by atoms with Gasteiger partial charge in [0.05, 0.1) is 5.69 Å².